The Morgan fingerprint density at radius 2 is 1.87 bits per heavy atom. The number of nitrogens with zero attached hydrogens (tertiary/aromatic N) is 1. The quantitative estimate of drug-likeness (QED) is 0.394. The SMILES string of the molecule is C=CCOc1ccc(/C=C2\C(=O)NC(=O)N(c3cc(Cl)ccc3C)C2=O)cc1OCC. The second-order valence-electron chi connectivity index (χ2n) is 6.63. The van der Waals surface area contributed by atoms with E-state index in [4.69, 9.17) is 21.1 Å². The summed E-state index contributed by atoms with van der Waals surface area (Å²) in [6, 6.07) is 9.02. The summed E-state index contributed by atoms with van der Waals surface area (Å²) in [7, 11) is 0. The number of anilines is 1. The molecule has 0 aliphatic carbocycles. The highest BCUT2D eigenvalue weighted by Crippen LogP contribution is 2.31. The molecular weight excluding hydrogens is 420 g/mol. The minimum absolute atomic E-state index is 0.193. The van der Waals surface area contributed by atoms with Gasteiger partial charge in [0.05, 0.1) is 12.3 Å². The Labute approximate surface area is 184 Å². The Kier molecular flexibility index (Phi) is 6.77. The van der Waals surface area contributed by atoms with Gasteiger partial charge in [0, 0.05) is 5.02 Å². The van der Waals surface area contributed by atoms with Gasteiger partial charge in [-0.15, -0.1) is 0 Å². The number of nitrogens with one attached hydrogen (secondary N) is 1. The van der Waals surface area contributed by atoms with Crippen LogP contribution in [0.15, 0.2) is 54.6 Å². The molecule has 0 unspecified atom stereocenters. The van der Waals surface area contributed by atoms with Crippen LogP contribution in [-0.2, 0) is 9.59 Å². The van der Waals surface area contributed by atoms with Gasteiger partial charge in [-0.2, -0.15) is 0 Å². The molecule has 0 spiro atoms. The monoisotopic (exact) mass is 440 g/mol. The number of hydrogen-bond donors (Lipinski definition) is 1. The lowest BCUT2D eigenvalue weighted by Crippen LogP contribution is -2.54. The van der Waals surface area contributed by atoms with Gasteiger partial charge in [-0.25, -0.2) is 9.69 Å². The van der Waals surface area contributed by atoms with E-state index in [-0.39, 0.29) is 5.57 Å². The molecular formula is C23H21ClN2O5. The Morgan fingerprint density at radius 1 is 1.10 bits per heavy atom. The number of benzene rings is 2. The molecule has 0 atom stereocenters. The Morgan fingerprint density at radius 3 is 2.58 bits per heavy atom. The number of urea groups is 1. The topological polar surface area (TPSA) is 84.9 Å². The smallest absolute Gasteiger partial charge is 0.335 e. The third kappa shape index (κ3) is 4.78. The van der Waals surface area contributed by atoms with Crippen molar-refractivity contribution < 1.29 is 23.9 Å². The molecule has 2 aromatic rings. The first-order valence-electron chi connectivity index (χ1n) is 9.53. The molecule has 0 aromatic heterocycles. The van der Waals surface area contributed by atoms with Gasteiger partial charge in [0.1, 0.15) is 12.2 Å². The van der Waals surface area contributed by atoms with Crippen molar-refractivity contribution in [1.82, 2.24) is 5.32 Å². The third-order valence-corrected chi connectivity index (χ3v) is 4.68. The lowest BCUT2D eigenvalue weighted by Gasteiger charge is -2.27. The molecule has 0 saturated carbocycles. The fourth-order valence-electron chi connectivity index (χ4n) is 3.02. The fourth-order valence-corrected chi connectivity index (χ4v) is 3.18. The average Bonchev–Trinajstić information content (AvgIpc) is 2.73. The van der Waals surface area contributed by atoms with Crippen molar-refractivity contribution in [1.29, 1.82) is 0 Å². The maximum atomic E-state index is 13.1. The van der Waals surface area contributed by atoms with E-state index >= 15 is 0 Å². The molecule has 1 fully saturated rings. The first kappa shape index (κ1) is 22.1. The van der Waals surface area contributed by atoms with E-state index in [9.17, 15) is 14.4 Å². The zero-order valence-corrected chi connectivity index (χ0v) is 17.9. The van der Waals surface area contributed by atoms with Crippen molar-refractivity contribution in [2.24, 2.45) is 0 Å². The number of hydrogen-bond acceptors (Lipinski definition) is 5. The number of ether oxygens (including phenoxy) is 2. The van der Waals surface area contributed by atoms with Gasteiger partial charge in [-0.1, -0.05) is 36.4 Å². The van der Waals surface area contributed by atoms with Crippen LogP contribution in [0.25, 0.3) is 6.08 Å². The van der Waals surface area contributed by atoms with Gasteiger partial charge >= 0.3 is 6.03 Å². The molecule has 1 heterocycles. The van der Waals surface area contributed by atoms with Crippen molar-refractivity contribution >= 4 is 41.2 Å². The van der Waals surface area contributed by atoms with Crippen LogP contribution in [0.1, 0.15) is 18.1 Å². The Balaban J connectivity index is 2.00. The summed E-state index contributed by atoms with van der Waals surface area (Å²) in [5, 5.41) is 2.56. The molecule has 1 aliphatic heterocycles. The number of rotatable bonds is 7. The van der Waals surface area contributed by atoms with Crippen molar-refractivity contribution in [3.8, 4) is 11.5 Å². The van der Waals surface area contributed by atoms with Crippen LogP contribution in [-0.4, -0.2) is 31.1 Å². The molecule has 1 aliphatic rings. The Bertz CT molecular complexity index is 1090. The number of carbonyl (C=O) groups excluding carboxylic acids is 3. The first-order valence-corrected chi connectivity index (χ1v) is 9.91. The number of amides is 4. The number of carbonyl (C=O) groups is 3. The van der Waals surface area contributed by atoms with Crippen molar-refractivity contribution in [2.75, 3.05) is 18.1 Å². The third-order valence-electron chi connectivity index (χ3n) is 4.45. The van der Waals surface area contributed by atoms with Crippen LogP contribution < -0.4 is 19.7 Å². The lowest BCUT2D eigenvalue weighted by atomic mass is 10.1. The summed E-state index contributed by atoms with van der Waals surface area (Å²) >= 11 is 6.04. The minimum Gasteiger partial charge on any atom is -0.490 e. The maximum absolute atomic E-state index is 13.1. The summed E-state index contributed by atoms with van der Waals surface area (Å²) in [4.78, 5) is 38.8. The molecule has 160 valence electrons. The first-order chi connectivity index (χ1) is 14.8. The van der Waals surface area contributed by atoms with Gasteiger partial charge < -0.3 is 9.47 Å². The van der Waals surface area contributed by atoms with E-state index in [1.54, 1.807) is 43.3 Å². The van der Waals surface area contributed by atoms with E-state index in [0.717, 1.165) is 4.90 Å². The molecule has 1 saturated heterocycles. The summed E-state index contributed by atoms with van der Waals surface area (Å²) in [6.45, 7) is 7.89. The summed E-state index contributed by atoms with van der Waals surface area (Å²) in [5.74, 6) is -0.560. The highest BCUT2D eigenvalue weighted by atomic mass is 35.5. The van der Waals surface area contributed by atoms with Crippen LogP contribution >= 0.6 is 11.6 Å². The predicted octanol–water partition coefficient (Wildman–Crippen LogP) is 4.28. The standard InChI is InChI=1S/C23H21ClN2O5/c1-4-10-31-19-9-7-15(12-20(19)30-5-2)11-17-21(27)25-23(29)26(22(17)28)18-13-16(24)8-6-14(18)3/h4,6-9,11-13H,1,5,10H2,2-3H3,(H,25,27,29)/b17-11+. The van der Waals surface area contributed by atoms with Crippen molar-refractivity contribution in [3.05, 3.63) is 70.8 Å². The molecule has 4 amide bonds. The van der Waals surface area contributed by atoms with Crippen LogP contribution in [0.2, 0.25) is 5.02 Å². The number of aryl methyl sites for hydroxylation is 1. The van der Waals surface area contributed by atoms with Crippen LogP contribution in [0.4, 0.5) is 10.5 Å². The van der Waals surface area contributed by atoms with Gasteiger partial charge in [0.2, 0.25) is 0 Å². The number of imide groups is 2. The molecule has 7 nitrogen and oxygen atoms in total. The fraction of sp³-hybridized carbons (Fsp3) is 0.174. The molecule has 0 bridgehead atoms. The summed E-state index contributed by atoms with van der Waals surface area (Å²) in [5.41, 5.74) is 1.30. The van der Waals surface area contributed by atoms with Crippen molar-refractivity contribution in [2.45, 2.75) is 13.8 Å². The highest BCUT2D eigenvalue weighted by molar-refractivity contribution is 6.39. The van der Waals surface area contributed by atoms with E-state index < -0.39 is 17.8 Å². The predicted molar refractivity (Wildman–Crippen MR) is 118 cm³/mol. The molecule has 3 rings (SSSR count). The van der Waals surface area contributed by atoms with E-state index in [0.29, 0.717) is 46.5 Å². The highest BCUT2D eigenvalue weighted by Gasteiger charge is 2.37. The van der Waals surface area contributed by atoms with Crippen molar-refractivity contribution in [3.63, 3.8) is 0 Å². The lowest BCUT2D eigenvalue weighted by molar-refractivity contribution is -0.122. The average molecular weight is 441 g/mol. The minimum atomic E-state index is -0.833. The van der Waals surface area contributed by atoms with Gasteiger partial charge in [0.15, 0.2) is 11.5 Å². The summed E-state index contributed by atoms with van der Waals surface area (Å²) < 4.78 is 11.2. The van der Waals surface area contributed by atoms with Crippen LogP contribution in [0.3, 0.4) is 0 Å². The number of halogens is 1. The number of barbiturate groups is 1. The van der Waals surface area contributed by atoms with Crippen LogP contribution in [0.5, 0.6) is 11.5 Å². The second kappa shape index (κ2) is 9.49. The largest absolute Gasteiger partial charge is 0.490 e. The van der Waals surface area contributed by atoms with E-state index in [1.807, 2.05) is 6.92 Å². The maximum Gasteiger partial charge on any atom is 0.335 e. The van der Waals surface area contributed by atoms with Gasteiger partial charge in [-0.05, 0) is 55.3 Å². The molecule has 8 heteroatoms. The molecule has 0 radical (unpaired) electrons. The van der Waals surface area contributed by atoms with Gasteiger partial charge in [0.25, 0.3) is 11.8 Å². The van der Waals surface area contributed by atoms with E-state index in [2.05, 4.69) is 11.9 Å². The molecule has 2 aromatic carbocycles. The zero-order chi connectivity index (χ0) is 22.5. The normalized spacial score (nSPS) is 15.1. The van der Waals surface area contributed by atoms with E-state index in [1.165, 1.54) is 12.1 Å². The molecule has 31 heavy (non-hydrogen) atoms. The van der Waals surface area contributed by atoms with Crippen LogP contribution in [0, 0.1) is 6.92 Å². The Hall–Kier alpha value is -3.58. The molecule has 1 N–H and O–H groups in total. The summed E-state index contributed by atoms with van der Waals surface area (Å²) in [6.07, 6.45) is 3.01. The zero-order valence-electron chi connectivity index (χ0n) is 17.1. The second-order valence-corrected chi connectivity index (χ2v) is 7.06. The van der Waals surface area contributed by atoms with Gasteiger partial charge in [-0.3, -0.25) is 14.9 Å².